The van der Waals surface area contributed by atoms with Crippen LogP contribution in [0.5, 0.6) is 0 Å². The van der Waals surface area contributed by atoms with Crippen molar-refractivity contribution in [2.45, 2.75) is 40.2 Å². The van der Waals surface area contributed by atoms with Crippen LogP contribution in [-0.4, -0.2) is 12.1 Å². The molecule has 1 heterocycles. The first-order chi connectivity index (χ1) is 12.8. The normalized spacial score (nSPS) is 15.8. The summed E-state index contributed by atoms with van der Waals surface area (Å²) in [4.78, 5) is 2.44. The van der Waals surface area contributed by atoms with Crippen molar-refractivity contribution in [3.63, 3.8) is 0 Å². The number of anilines is 1. The average molecular weight is 421 g/mol. The second-order valence-electron chi connectivity index (χ2n) is 7.63. The van der Waals surface area contributed by atoms with Crippen molar-refractivity contribution in [2.75, 3.05) is 11.4 Å². The number of nitrogens with zero attached hydrogens (tertiary/aromatic N) is 2. The third-order valence-corrected chi connectivity index (χ3v) is 5.79. The van der Waals surface area contributed by atoms with Crippen LogP contribution in [-0.2, 0) is 0 Å². The lowest BCUT2D eigenvalue weighted by Gasteiger charge is -2.43. The smallest absolute Gasteiger partial charge is 0.0998 e. The molecule has 0 fully saturated rings. The fraction of sp³-hybridized carbons (Fsp3) is 0.292. The molecule has 0 saturated carbocycles. The standard InChI is InChI=1S/C24H25BrN2/c1-6-27-23-11-16(2)19(13-22(23)17(3)14-24(27,4)5)12-20(15-26)18-7-9-21(25)10-8-18/h7-14H,6H2,1-5H3/b20-12+. The van der Waals surface area contributed by atoms with Crippen LogP contribution in [0.1, 0.15) is 49.9 Å². The molecule has 1 aliphatic heterocycles. The third kappa shape index (κ3) is 3.73. The number of likely N-dealkylation sites (N-methyl/N-ethyl adjacent to an activating group) is 1. The van der Waals surface area contributed by atoms with E-state index in [1.54, 1.807) is 0 Å². The zero-order valence-corrected chi connectivity index (χ0v) is 18.2. The van der Waals surface area contributed by atoms with Gasteiger partial charge in [0.05, 0.1) is 17.2 Å². The largest absolute Gasteiger partial charge is 0.363 e. The summed E-state index contributed by atoms with van der Waals surface area (Å²) < 4.78 is 1.01. The first-order valence-electron chi connectivity index (χ1n) is 9.26. The zero-order chi connectivity index (χ0) is 19.8. The maximum absolute atomic E-state index is 9.69. The lowest BCUT2D eigenvalue weighted by atomic mass is 9.86. The molecule has 0 radical (unpaired) electrons. The van der Waals surface area contributed by atoms with Crippen LogP contribution in [0.15, 0.2) is 46.9 Å². The van der Waals surface area contributed by atoms with Gasteiger partial charge in [0.2, 0.25) is 0 Å². The predicted molar refractivity (Wildman–Crippen MR) is 120 cm³/mol. The Balaban J connectivity index is 2.13. The molecule has 0 spiro atoms. The van der Waals surface area contributed by atoms with E-state index in [1.807, 2.05) is 30.3 Å². The highest BCUT2D eigenvalue weighted by Crippen LogP contribution is 2.40. The topological polar surface area (TPSA) is 27.0 Å². The molecule has 2 aromatic carbocycles. The number of hydrogen-bond donors (Lipinski definition) is 0. The van der Waals surface area contributed by atoms with Crippen molar-refractivity contribution < 1.29 is 0 Å². The maximum Gasteiger partial charge on any atom is 0.0998 e. The fourth-order valence-electron chi connectivity index (χ4n) is 3.94. The van der Waals surface area contributed by atoms with Gasteiger partial charge in [-0.3, -0.25) is 0 Å². The first kappa shape index (κ1) is 19.5. The van der Waals surface area contributed by atoms with Gasteiger partial charge in [-0.25, -0.2) is 0 Å². The molecule has 2 nitrogen and oxygen atoms in total. The van der Waals surface area contributed by atoms with Gasteiger partial charge >= 0.3 is 0 Å². The van der Waals surface area contributed by atoms with Gasteiger partial charge in [0, 0.05) is 22.3 Å². The number of rotatable bonds is 3. The van der Waals surface area contributed by atoms with Crippen LogP contribution in [0.3, 0.4) is 0 Å². The van der Waals surface area contributed by atoms with Crippen molar-refractivity contribution in [1.29, 1.82) is 5.26 Å². The van der Waals surface area contributed by atoms with Crippen molar-refractivity contribution in [2.24, 2.45) is 0 Å². The lowest BCUT2D eigenvalue weighted by molar-refractivity contribution is 0.566. The van der Waals surface area contributed by atoms with Gasteiger partial charge in [0.25, 0.3) is 0 Å². The van der Waals surface area contributed by atoms with Gasteiger partial charge < -0.3 is 4.90 Å². The average Bonchev–Trinajstić information content (AvgIpc) is 2.61. The summed E-state index contributed by atoms with van der Waals surface area (Å²) in [6.45, 7) is 12.0. The molecule has 1 aliphatic rings. The summed E-state index contributed by atoms with van der Waals surface area (Å²) in [6, 6.07) is 14.7. The molecule has 27 heavy (non-hydrogen) atoms. The van der Waals surface area contributed by atoms with Gasteiger partial charge in [-0.2, -0.15) is 5.26 Å². The second-order valence-corrected chi connectivity index (χ2v) is 8.54. The SMILES string of the molecule is CCN1c2cc(C)c(/C=C(\C#N)c3ccc(Br)cc3)cc2C(C)=CC1(C)C. The molecule has 0 saturated heterocycles. The molecule has 0 amide bonds. The quantitative estimate of drug-likeness (QED) is 0.401. The number of benzene rings is 2. The number of hydrogen-bond acceptors (Lipinski definition) is 2. The van der Waals surface area contributed by atoms with E-state index in [2.05, 4.69) is 79.7 Å². The fourth-order valence-corrected chi connectivity index (χ4v) is 4.21. The molecule has 3 rings (SSSR count). The number of nitriles is 1. The Morgan fingerprint density at radius 2 is 1.85 bits per heavy atom. The molecular weight excluding hydrogens is 396 g/mol. The number of aryl methyl sites for hydroxylation is 1. The molecular formula is C24H25BrN2. The van der Waals surface area contributed by atoms with Gasteiger partial charge in [0.15, 0.2) is 0 Å². The predicted octanol–water partition coefficient (Wildman–Crippen LogP) is 6.84. The summed E-state index contributed by atoms with van der Waals surface area (Å²) in [7, 11) is 0. The van der Waals surface area contributed by atoms with Gasteiger partial charge in [-0.05, 0) is 87.2 Å². The van der Waals surface area contributed by atoms with E-state index < -0.39 is 0 Å². The van der Waals surface area contributed by atoms with Crippen LogP contribution < -0.4 is 4.90 Å². The van der Waals surface area contributed by atoms with E-state index in [0.717, 1.165) is 22.1 Å². The molecule has 0 unspecified atom stereocenters. The summed E-state index contributed by atoms with van der Waals surface area (Å²) in [5.41, 5.74) is 7.71. The zero-order valence-electron chi connectivity index (χ0n) is 16.6. The molecule has 0 atom stereocenters. The molecule has 3 heteroatoms. The highest BCUT2D eigenvalue weighted by molar-refractivity contribution is 9.10. The number of halogens is 1. The first-order valence-corrected chi connectivity index (χ1v) is 10.1. The summed E-state index contributed by atoms with van der Waals surface area (Å²) in [5, 5.41) is 9.69. The molecule has 0 bridgehead atoms. The van der Waals surface area contributed by atoms with Gasteiger partial charge in [-0.15, -0.1) is 0 Å². The van der Waals surface area contributed by atoms with E-state index >= 15 is 0 Å². The van der Waals surface area contributed by atoms with Crippen LogP contribution in [0, 0.1) is 18.3 Å². The molecule has 0 N–H and O–H groups in total. The van der Waals surface area contributed by atoms with E-state index in [1.165, 1.54) is 22.4 Å². The van der Waals surface area contributed by atoms with E-state index in [4.69, 9.17) is 0 Å². The Morgan fingerprint density at radius 1 is 1.19 bits per heavy atom. The Hall–Kier alpha value is -2.31. The summed E-state index contributed by atoms with van der Waals surface area (Å²) in [6.07, 6.45) is 4.34. The number of allylic oxidation sites excluding steroid dienone is 2. The second kappa shape index (κ2) is 7.37. The van der Waals surface area contributed by atoms with Crippen molar-refractivity contribution in [1.82, 2.24) is 0 Å². The Morgan fingerprint density at radius 3 is 2.44 bits per heavy atom. The van der Waals surface area contributed by atoms with E-state index in [0.29, 0.717) is 5.57 Å². The van der Waals surface area contributed by atoms with Crippen molar-refractivity contribution in [3.8, 4) is 6.07 Å². The lowest BCUT2D eigenvalue weighted by Crippen LogP contribution is -2.44. The van der Waals surface area contributed by atoms with Gasteiger partial charge in [0.1, 0.15) is 0 Å². The van der Waals surface area contributed by atoms with Crippen molar-refractivity contribution in [3.05, 3.63) is 69.2 Å². The van der Waals surface area contributed by atoms with Crippen molar-refractivity contribution >= 4 is 38.8 Å². The Bertz CT molecular complexity index is 973. The van der Waals surface area contributed by atoms with Crippen LogP contribution >= 0.6 is 15.9 Å². The minimum atomic E-state index is 0.00483. The van der Waals surface area contributed by atoms with E-state index in [-0.39, 0.29) is 5.54 Å². The molecule has 0 aliphatic carbocycles. The van der Waals surface area contributed by atoms with Gasteiger partial charge in [-0.1, -0.05) is 34.1 Å². The highest BCUT2D eigenvalue weighted by Gasteiger charge is 2.30. The van der Waals surface area contributed by atoms with Crippen LogP contribution in [0.4, 0.5) is 5.69 Å². The number of fused-ring (bicyclic) bond motifs is 1. The Kier molecular flexibility index (Phi) is 5.31. The minimum Gasteiger partial charge on any atom is -0.363 e. The Labute approximate surface area is 171 Å². The summed E-state index contributed by atoms with van der Waals surface area (Å²) >= 11 is 3.45. The molecule has 2 aromatic rings. The van der Waals surface area contributed by atoms with Crippen LogP contribution in [0.25, 0.3) is 17.2 Å². The summed E-state index contributed by atoms with van der Waals surface area (Å²) in [5.74, 6) is 0. The minimum absolute atomic E-state index is 0.00483. The van der Waals surface area contributed by atoms with E-state index in [9.17, 15) is 5.26 Å². The third-order valence-electron chi connectivity index (χ3n) is 5.26. The molecule has 138 valence electrons. The molecule has 0 aromatic heterocycles. The monoisotopic (exact) mass is 420 g/mol. The van der Waals surface area contributed by atoms with Crippen LogP contribution in [0.2, 0.25) is 0 Å². The highest BCUT2D eigenvalue weighted by atomic mass is 79.9. The maximum atomic E-state index is 9.69.